The van der Waals surface area contributed by atoms with E-state index in [1.807, 2.05) is 5.92 Å². The van der Waals surface area contributed by atoms with Crippen molar-refractivity contribution in [2.45, 2.75) is 24.1 Å². The first-order chi connectivity index (χ1) is 14.1. The molecule has 4 atom stereocenters. The van der Waals surface area contributed by atoms with Gasteiger partial charge < -0.3 is 30.3 Å². The maximum atomic E-state index is 15.2. The van der Waals surface area contributed by atoms with Gasteiger partial charge in [-0.1, -0.05) is 0 Å². The molecule has 0 spiro atoms. The van der Waals surface area contributed by atoms with Crippen molar-refractivity contribution in [1.82, 2.24) is 14.5 Å². The van der Waals surface area contributed by atoms with Crippen molar-refractivity contribution in [2.75, 3.05) is 12.3 Å². The number of nitrogen functional groups attached to an aromatic ring is 1. The first-order valence-electron chi connectivity index (χ1n) is 7.97. The highest BCUT2D eigenvalue weighted by Crippen LogP contribution is 2.58. The van der Waals surface area contributed by atoms with Crippen LogP contribution in [0.15, 0.2) is 11.0 Å². The van der Waals surface area contributed by atoms with E-state index in [1.165, 1.54) is 0 Å². The number of H-pyrrole nitrogens is 1. The molecule has 0 radical (unpaired) electrons. The molecule has 1 fully saturated rings. The van der Waals surface area contributed by atoms with Gasteiger partial charge in [-0.25, -0.2) is 17.9 Å². The van der Waals surface area contributed by atoms with Crippen LogP contribution < -0.4 is 11.3 Å². The highest BCUT2D eigenvalue weighted by molar-refractivity contribution is 7.60. The van der Waals surface area contributed by atoms with Crippen LogP contribution in [-0.2, 0) is 28.4 Å². The van der Waals surface area contributed by atoms with E-state index in [1.54, 1.807) is 0 Å². The molecule has 3 heterocycles. The second kappa shape index (κ2) is 7.45. The number of terminal acetylenes is 1. The third kappa shape index (κ3) is 4.41. The van der Waals surface area contributed by atoms with Crippen LogP contribution >= 0.6 is 15.6 Å². The largest absolute Gasteiger partial charge is 0.481 e. The van der Waals surface area contributed by atoms with Crippen LogP contribution in [0.3, 0.4) is 0 Å². The van der Waals surface area contributed by atoms with Gasteiger partial charge in [-0.15, -0.1) is 6.42 Å². The summed E-state index contributed by atoms with van der Waals surface area (Å²) < 4.78 is 65.2. The molecule has 0 amide bonds. The lowest BCUT2D eigenvalue weighted by molar-refractivity contribution is -0.222. The molecular formula is C13H14F2N4O10P2. The minimum absolute atomic E-state index is 0.437. The third-order valence-electron chi connectivity index (χ3n) is 4.18. The van der Waals surface area contributed by atoms with Gasteiger partial charge in [0, 0.05) is 12.6 Å². The Morgan fingerprint density at radius 1 is 1.48 bits per heavy atom. The molecule has 14 nitrogen and oxygen atoms in total. The fourth-order valence-electron chi connectivity index (χ4n) is 2.95. The van der Waals surface area contributed by atoms with Crippen LogP contribution in [0.5, 0.6) is 0 Å². The van der Waals surface area contributed by atoms with Crippen molar-refractivity contribution < 1.29 is 51.3 Å². The zero-order valence-corrected chi connectivity index (χ0v) is 16.8. The van der Waals surface area contributed by atoms with E-state index >= 15 is 4.39 Å². The maximum absolute atomic E-state index is 15.2. The van der Waals surface area contributed by atoms with Crippen LogP contribution in [-0.4, -0.2) is 52.9 Å². The number of phosphoric acid groups is 2. The highest BCUT2D eigenvalue weighted by Gasteiger charge is 2.59. The summed E-state index contributed by atoms with van der Waals surface area (Å²) in [6.45, 7) is -1.58. The predicted octanol–water partition coefficient (Wildman–Crippen LogP) is -0.595. The van der Waals surface area contributed by atoms with E-state index in [0.29, 0.717) is 6.20 Å². The van der Waals surface area contributed by atoms with Gasteiger partial charge in [-0.05, 0) is 5.92 Å². The maximum Gasteiger partial charge on any atom is 0.481 e. The highest BCUT2D eigenvalue weighted by atomic mass is 31.3. The summed E-state index contributed by atoms with van der Waals surface area (Å²) in [6.07, 6.45) is 3.13. The lowest BCUT2D eigenvalue weighted by Gasteiger charge is -2.28. The van der Waals surface area contributed by atoms with Crippen LogP contribution in [0.4, 0.5) is 14.7 Å². The van der Waals surface area contributed by atoms with Crippen molar-refractivity contribution in [3.05, 3.63) is 22.4 Å². The number of hydrogen-bond acceptors (Lipinski definition) is 9. The first-order valence-corrected chi connectivity index (χ1v) is 11.0. The number of nitrogens with two attached hydrogens (primary N) is 1. The molecule has 0 saturated carbocycles. The predicted molar refractivity (Wildman–Crippen MR) is 96.0 cm³/mol. The van der Waals surface area contributed by atoms with Gasteiger partial charge in [0.25, 0.3) is 11.4 Å². The topological polar surface area (TPSA) is 219 Å². The molecule has 3 rings (SSSR count). The SMILES string of the molecule is C#C[C@]1(n2cc(F)c3c(=O)[nH]c(N)nc32)C[C@H](O)[C@@](F)(COP(=O)(O)OP(=O)(O)O)O1. The number of aliphatic hydroxyl groups excluding tert-OH is 1. The van der Waals surface area contributed by atoms with Gasteiger partial charge >= 0.3 is 15.6 Å². The van der Waals surface area contributed by atoms with Crippen LogP contribution in [0.1, 0.15) is 6.42 Å². The van der Waals surface area contributed by atoms with Gasteiger partial charge in [-0.3, -0.25) is 18.9 Å². The van der Waals surface area contributed by atoms with Crippen molar-refractivity contribution >= 4 is 32.6 Å². The summed E-state index contributed by atoms with van der Waals surface area (Å²) in [7, 11) is -11.0. The Labute approximate surface area is 170 Å². The average molecular weight is 486 g/mol. The fraction of sp³-hybridized carbons (Fsp3) is 0.385. The number of nitrogens with one attached hydrogen (secondary N) is 1. The zero-order valence-electron chi connectivity index (χ0n) is 15.0. The van der Waals surface area contributed by atoms with Gasteiger partial charge in [0.2, 0.25) is 11.7 Å². The molecule has 31 heavy (non-hydrogen) atoms. The minimum Gasteiger partial charge on any atom is -0.387 e. The molecule has 1 saturated heterocycles. The van der Waals surface area contributed by atoms with Crippen molar-refractivity contribution in [1.29, 1.82) is 0 Å². The normalized spacial score (nSPS) is 28.5. The van der Waals surface area contributed by atoms with Crippen LogP contribution in [0, 0.1) is 18.2 Å². The number of rotatable bonds is 6. The number of halogens is 2. The summed E-state index contributed by atoms with van der Waals surface area (Å²) in [4.78, 5) is 44.2. The monoisotopic (exact) mass is 486 g/mol. The zero-order chi connectivity index (χ0) is 23.4. The molecule has 0 aromatic carbocycles. The van der Waals surface area contributed by atoms with Crippen molar-refractivity contribution in [3.63, 3.8) is 0 Å². The second-order valence-corrected chi connectivity index (χ2v) is 9.18. The summed E-state index contributed by atoms with van der Waals surface area (Å²) >= 11 is 0. The Morgan fingerprint density at radius 3 is 2.71 bits per heavy atom. The number of anilines is 1. The molecule has 1 aliphatic rings. The number of aromatic amines is 1. The summed E-state index contributed by atoms with van der Waals surface area (Å²) in [5, 5.41) is 9.54. The van der Waals surface area contributed by atoms with E-state index in [9.17, 15) is 28.3 Å². The van der Waals surface area contributed by atoms with Crippen molar-refractivity contribution in [3.8, 4) is 12.3 Å². The quantitative estimate of drug-likeness (QED) is 0.223. The van der Waals surface area contributed by atoms with Gasteiger partial charge in [0.1, 0.15) is 18.1 Å². The van der Waals surface area contributed by atoms with Crippen LogP contribution in [0.25, 0.3) is 11.0 Å². The van der Waals surface area contributed by atoms with Crippen LogP contribution in [0.2, 0.25) is 0 Å². The molecular weight excluding hydrogens is 472 g/mol. The number of aliphatic hydroxyl groups is 1. The molecule has 1 aliphatic heterocycles. The molecule has 0 bridgehead atoms. The average Bonchev–Trinajstić information content (AvgIpc) is 3.07. The van der Waals surface area contributed by atoms with Gasteiger partial charge in [0.05, 0.1) is 0 Å². The fourth-order valence-corrected chi connectivity index (χ4v) is 4.55. The number of nitrogens with zero attached hydrogens (tertiary/aromatic N) is 2. The van der Waals surface area contributed by atoms with Gasteiger partial charge in [-0.2, -0.15) is 9.29 Å². The summed E-state index contributed by atoms with van der Waals surface area (Å²) in [5.74, 6) is -2.90. The Hall–Kier alpha value is -2.18. The number of fused-ring (bicyclic) bond motifs is 1. The molecule has 7 N–H and O–H groups in total. The lowest BCUT2D eigenvalue weighted by Crippen LogP contribution is -2.41. The van der Waals surface area contributed by atoms with E-state index in [2.05, 4.69) is 18.8 Å². The summed E-state index contributed by atoms with van der Waals surface area (Å²) in [5.41, 5.74) is 1.70. The van der Waals surface area contributed by atoms with Crippen molar-refractivity contribution in [2.24, 2.45) is 0 Å². The second-order valence-electron chi connectivity index (χ2n) is 6.35. The number of aromatic nitrogens is 3. The number of hydrogen-bond donors (Lipinski definition) is 6. The van der Waals surface area contributed by atoms with E-state index in [4.69, 9.17) is 26.7 Å². The molecule has 1 unspecified atom stereocenters. The van der Waals surface area contributed by atoms with E-state index in [-0.39, 0.29) is 0 Å². The Bertz CT molecular complexity index is 1240. The molecule has 2 aromatic heterocycles. The number of alkyl halides is 1. The molecule has 170 valence electrons. The molecule has 18 heteroatoms. The third-order valence-corrected chi connectivity index (χ3v) is 6.31. The first kappa shape index (κ1) is 23.5. The van der Waals surface area contributed by atoms with E-state index < -0.39 is 74.7 Å². The standard InChI is InChI=1S/C13H14F2N4O10P2/c1-2-12(19-4-6(14)8-9(19)17-11(16)18-10(8)21)3-7(20)13(15,28-12)5-27-31(25,26)29-30(22,23)24/h1,4,7,20H,3,5H2,(H,25,26)(H2,22,23,24)(H3,16,17,18,21)/t7-,12+,13+/m0/s1. The number of phosphoric ester groups is 1. The smallest absolute Gasteiger partial charge is 0.387 e. The van der Waals surface area contributed by atoms with Gasteiger partial charge in [0.15, 0.2) is 11.5 Å². The minimum atomic E-state index is -5.49. The Kier molecular flexibility index (Phi) is 5.64. The molecule has 0 aliphatic carbocycles. The lowest BCUT2D eigenvalue weighted by atomic mass is 10.1. The number of ether oxygens (including phenoxy) is 1. The van der Waals surface area contributed by atoms with E-state index in [0.717, 1.165) is 4.57 Å². The Morgan fingerprint density at radius 2 is 2.13 bits per heavy atom. The Balaban J connectivity index is 1.98. The molecule has 2 aromatic rings. The summed E-state index contributed by atoms with van der Waals surface area (Å²) in [6, 6.07) is 0.